The van der Waals surface area contributed by atoms with Gasteiger partial charge in [-0.2, -0.15) is 0 Å². The zero-order valence-corrected chi connectivity index (χ0v) is 21.5. The van der Waals surface area contributed by atoms with E-state index in [-0.39, 0.29) is 28.9 Å². The third-order valence-corrected chi connectivity index (χ3v) is 7.81. The molecule has 1 aromatic heterocycles. The maximum absolute atomic E-state index is 14.1. The van der Waals surface area contributed by atoms with Gasteiger partial charge >= 0.3 is 0 Å². The number of anilines is 1. The molecule has 1 aliphatic carbocycles. The van der Waals surface area contributed by atoms with Gasteiger partial charge in [-0.3, -0.25) is 4.79 Å². The summed E-state index contributed by atoms with van der Waals surface area (Å²) in [6, 6.07) is 8.93. The Morgan fingerprint density at radius 2 is 1.94 bits per heavy atom. The Morgan fingerprint density at radius 1 is 1.17 bits per heavy atom. The molecule has 190 valence electrons. The zero-order valence-electron chi connectivity index (χ0n) is 21.5. The summed E-state index contributed by atoms with van der Waals surface area (Å²) in [5.41, 5.74) is 5.05. The summed E-state index contributed by atoms with van der Waals surface area (Å²) in [6.45, 7) is 4.05. The van der Waals surface area contributed by atoms with E-state index in [2.05, 4.69) is 41.4 Å². The third-order valence-electron chi connectivity index (χ3n) is 7.81. The van der Waals surface area contributed by atoms with Crippen LogP contribution in [0.4, 0.5) is 5.95 Å². The second kappa shape index (κ2) is 9.17. The van der Waals surface area contributed by atoms with Gasteiger partial charge in [0, 0.05) is 43.5 Å². The molecule has 0 bridgehead atoms. The summed E-state index contributed by atoms with van der Waals surface area (Å²) in [5, 5.41) is 23.0. The molecule has 8 nitrogen and oxygen atoms in total. The smallest absolute Gasteiger partial charge is 0.254 e. The Hall–Kier alpha value is -3.52. The molecule has 3 aromatic rings. The van der Waals surface area contributed by atoms with Crippen LogP contribution in [0.1, 0.15) is 64.8 Å². The minimum absolute atomic E-state index is 0.0175. The van der Waals surface area contributed by atoms with Crippen LogP contribution in [0, 0.1) is 0 Å². The minimum Gasteiger partial charge on any atom is -0.504 e. The van der Waals surface area contributed by atoms with E-state index in [4.69, 9.17) is 0 Å². The van der Waals surface area contributed by atoms with E-state index in [0.29, 0.717) is 13.1 Å². The first-order chi connectivity index (χ1) is 17.2. The molecule has 0 radical (unpaired) electrons. The number of carbonyl (C=O) groups is 1. The van der Waals surface area contributed by atoms with Crippen LogP contribution in [0.5, 0.6) is 11.5 Å². The fourth-order valence-corrected chi connectivity index (χ4v) is 5.92. The molecular weight excluding hydrogens is 454 g/mol. The number of carbonyl (C=O) groups excluding carboxylic acids is 1. The number of phenols is 2. The van der Waals surface area contributed by atoms with Crippen molar-refractivity contribution in [2.24, 2.45) is 0 Å². The normalized spacial score (nSPS) is 17.2. The predicted molar refractivity (Wildman–Crippen MR) is 139 cm³/mol. The zero-order chi connectivity index (χ0) is 25.6. The molecule has 0 saturated heterocycles. The van der Waals surface area contributed by atoms with E-state index in [0.717, 1.165) is 48.4 Å². The molecule has 1 atom stereocenters. The number of nitrogens with zero attached hydrogens (tertiary/aromatic N) is 4. The molecule has 1 amide bonds. The highest BCUT2D eigenvalue weighted by molar-refractivity contribution is 5.98. The van der Waals surface area contributed by atoms with Crippen molar-refractivity contribution in [3.63, 3.8) is 0 Å². The van der Waals surface area contributed by atoms with Crippen molar-refractivity contribution in [2.45, 2.75) is 50.7 Å². The Bertz CT molecular complexity index is 1290. The maximum Gasteiger partial charge on any atom is 0.254 e. The van der Waals surface area contributed by atoms with E-state index in [1.54, 1.807) is 18.3 Å². The predicted octanol–water partition coefficient (Wildman–Crippen LogP) is 4.08. The van der Waals surface area contributed by atoms with E-state index in [1.807, 2.05) is 29.6 Å². The first kappa shape index (κ1) is 24.2. The number of amides is 1. The lowest BCUT2D eigenvalue weighted by Gasteiger charge is -2.52. The Kier molecular flexibility index (Phi) is 6.16. The highest BCUT2D eigenvalue weighted by atomic mass is 16.3. The molecule has 8 heteroatoms. The largest absolute Gasteiger partial charge is 0.504 e. The molecule has 1 saturated carbocycles. The van der Waals surface area contributed by atoms with Crippen LogP contribution >= 0.6 is 0 Å². The fraction of sp³-hybridized carbons (Fsp3) is 0.429. The molecule has 2 heterocycles. The number of imidazole rings is 1. The quantitative estimate of drug-likeness (QED) is 0.433. The van der Waals surface area contributed by atoms with Gasteiger partial charge in [-0.25, -0.2) is 4.98 Å². The van der Waals surface area contributed by atoms with Crippen molar-refractivity contribution in [1.82, 2.24) is 19.4 Å². The summed E-state index contributed by atoms with van der Waals surface area (Å²) in [5.74, 6) is 0.476. The SMILES string of the molecule is CNc1nccn1Cc1cc(CN(C)C)c2c(c1)C(=O)N(C(C)c1ccc(O)c(O)c1)CC21CCC1. The van der Waals surface area contributed by atoms with Gasteiger partial charge in [-0.05, 0) is 74.3 Å². The van der Waals surface area contributed by atoms with Gasteiger partial charge < -0.3 is 29.9 Å². The number of benzene rings is 2. The maximum atomic E-state index is 14.1. The van der Waals surface area contributed by atoms with Gasteiger partial charge in [0.05, 0.1) is 12.6 Å². The lowest BCUT2D eigenvalue weighted by atomic mass is 9.60. The number of hydrogen-bond acceptors (Lipinski definition) is 6. The molecule has 2 aromatic carbocycles. The second-order valence-corrected chi connectivity index (χ2v) is 10.5. The molecule has 1 spiro atoms. The number of aromatic hydroxyl groups is 2. The van der Waals surface area contributed by atoms with Crippen LogP contribution in [0.2, 0.25) is 0 Å². The van der Waals surface area contributed by atoms with Crippen molar-refractivity contribution < 1.29 is 15.0 Å². The highest BCUT2D eigenvalue weighted by Crippen LogP contribution is 2.51. The van der Waals surface area contributed by atoms with Crippen molar-refractivity contribution in [2.75, 3.05) is 33.0 Å². The Balaban J connectivity index is 1.60. The van der Waals surface area contributed by atoms with Crippen molar-refractivity contribution in [1.29, 1.82) is 0 Å². The Labute approximate surface area is 212 Å². The lowest BCUT2D eigenvalue weighted by molar-refractivity contribution is 0.0487. The summed E-state index contributed by atoms with van der Waals surface area (Å²) in [4.78, 5) is 22.6. The third kappa shape index (κ3) is 4.09. The van der Waals surface area contributed by atoms with Gasteiger partial charge in [0.2, 0.25) is 5.95 Å². The molecule has 1 unspecified atom stereocenters. The minimum atomic E-state index is -0.236. The fourth-order valence-electron chi connectivity index (χ4n) is 5.92. The number of rotatable bonds is 7. The number of phenolic OH excluding ortho intramolecular Hbond substituents is 2. The molecule has 5 rings (SSSR count). The van der Waals surface area contributed by atoms with E-state index >= 15 is 0 Å². The molecule has 1 aliphatic heterocycles. The summed E-state index contributed by atoms with van der Waals surface area (Å²) >= 11 is 0. The molecular formula is C28H35N5O3. The number of fused-ring (bicyclic) bond motifs is 2. The van der Waals surface area contributed by atoms with E-state index in [1.165, 1.54) is 17.2 Å². The van der Waals surface area contributed by atoms with Gasteiger partial charge in [0.15, 0.2) is 11.5 Å². The van der Waals surface area contributed by atoms with E-state index < -0.39 is 0 Å². The van der Waals surface area contributed by atoms with Crippen molar-refractivity contribution >= 4 is 11.9 Å². The van der Waals surface area contributed by atoms with Crippen LogP contribution < -0.4 is 5.32 Å². The monoisotopic (exact) mass is 489 g/mol. The molecule has 1 fully saturated rings. The van der Waals surface area contributed by atoms with Crippen molar-refractivity contribution in [3.8, 4) is 11.5 Å². The standard InChI is InChI=1S/C28H35N5O3/c1-18(20-6-7-23(34)24(35)14-20)33-17-28(8-5-9-28)25-21(16-31(3)4)12-19(13-22(25)26(33)36)15-32-11-10-30-27(32)29-2/h6-7,10-14,18,34-35H,5,8-9,15-17H2,1-4H3,(H,29,30). The highest BCUT2D eigenvalue weighted by Gasteiger charge is 2.49. The van der Waals surface area contributed by atoms with Crippen LogP contribution in [0.15, 0.2) is 42.7 Å². The molecule has 2 aliphatic rings. The van der Waals surface area contributed by atoms with Crippen molar-refractivity contribution in [3.05, 3.63) is 70.5 Å². The molecule has 3 N–H and O–H groups in total. The second-order valence-electron chi connectivity index (χ2n) is 10.5. The summed E-state index contributed by atoms with van der Waals surface area (Å²) < 4.78 is 2.05. The van der Waals surface area contributed by atoms with Gasteiger partial charge in [0.1, 0.15) is 0 Å². The van der Waals surface area contributed by atoms with Crippen LogP contribution in [-0.2, 0) is 18.5 Å². The molecule has 36 heavy (non-hydrogen) atoms. The van der Waals surface area contributed by atoms with Crippen LogP contribution in [0.25, 0.3) is 0 Å². The first-order valence-corrected chi connectivity index (χ1v) is 12.5. The van der Waals surface area contributed by atoms with Crippen LogP contribution in [0.3, 0.4) is 0 Å². The number of aromatic nitrogens is 2. The topological polar surface area (TPSA) is 93.9 Å². The Morgan fingerprint density at radius 3 is 2.58 bits per heavy atom. The lowest BCUT2D eigenvalue weighted by Crippen LogP contribution is -2.54. The van der Waals surface area contributed by atoms with Gasteiger partial charge in [0.25, 0.3) is 5.91 Å². The number of hydrogen-bond donors (Lipinski definition) is 3. The first-order valence-electron chi connectivity index (χ1n) is 12.5. The van der Waals surface area contributed by atoms with Gasteiger partial charge in [-0.15, -0.1) is 0 Å². The van der Waals surface area contributed by atoms with Crippen LogP contribution in [-0.4, -0.2) is 63.2 Å². The average molecular weight is 490 g/mol. The summed E-state index contributed by atoms with van der Waals surface area (Å²) in [7, 11) is 5.99. The average Bonchev–Trinajstić information content (AvgIpc) is 3.26. The van der Waals surface area contributed by atoms with E-state index in [9.17, 15) is 15.0 Å². The number of nitrogens with one attached hydrogen (secondary N) is 1. The summed E-state index contributed by atoms with van der Waals surface area (Å²) in [6.07, 6.45) is 6.98. The van der Waals surface area contributed by atoms with Gasteiger partial charge in [-0.1, -0.05) is 18.6 Å².